The lowest BCUT2D eigenvalue weighted by Crippen LogP contribution is -2.52. The van der Waals surface area contributed by atoms with Crippen LogP contribution in [0.4, 0.5) is 0 Å². The maximum atomic E-state index is 12.6. The molecule has 4 fully saturated rings. The van der Waals surface area contributed by atoms with Gasteiger partial charge in [0.15, 0.2) is 0 Å². The van der Waals surface area contributed by atoms with E-state index in [-0.39, 0.29) is 11.4 Å². The van der Waals surface area contributed by atoms with Gasteiger partial charge in [-0.1, -0.05) is 17.7 Å². The number of carbonyl (C=O) groups is 1. The Balaban J connectivity index is 1.55. The Hall–Kier alpha value is -1.31. The van der Waals surface area contributed by atoms with Crippen LogP contribution in [0.1, 0.15) is 60.9 Å². The number of hydrogen-bond acceptors (Lipinski definition) is 1. The SMILES string of the molecule is Cc1ccc(C(=O)NC23CCC4C[C@H](C[C@@H](C4)C2)C3)cc1. The molecule has 2 atom stereocenters. The molecule has 0 spiro atoms. The highest BCUT2D eigenvalue weighted by Crippen LogP contribution is 2.53. The molecule has 112 valence electrons. The van der Waals surface area contributed by atoms with Gasteiger partial charge in [-0.2, -0.15) is 0 Å². The second-order valence-corrected chi connectivity index (χ2v) is 7.85. The second kappa shape index (κ2) is 4.86. The van der Waals surface area contributed by atoms with Gasteiger partial charge in [0.2, 0.25) is 0 Å². The first-order chi connectivity index (χ1) is 10.1. The molecular weight excluding hydrogens is 258 g/mol. The number of aryl methyl sites for hydroxylation is 1. The van der Waals surface area contributed by atoms with Crippen LogP contribution in [0.15, 0.2) is 24.3 Å². The fourth-order valence-corrected chi connectivity index (χ4v) is 5.33. The first-order valence-corrected chi connectivity index (χ1v) is 8.51. The number of carbonyl (C=O) groups excluding carboxylic acids is 1. The lowest BCUT2D eigenvalue weighted by Gasteiger charge is -2.45. The van der Waals surface area contributed by atoms with Crippen molar-refractivity contribution >= 4 is 5.91 Å². The van der Waals surface area contributed by atoms with Crippen LogP contribution in [0.3, 0.4) is 0 Å². The van der Waals surface area contributed by atoms with Crippen molar-refractivity contribution in [2.24, 2.45) is 17.8 Å². The van der Waals surface area contributed by atoms with E-state index in [0.29, 0.717) is 0 Å². The standard InChI is InChI=1S/C19H25NO/c1-13-2-4-17(5-3-13)18(21)20-19-7-6-14-8-15(11-19)10-16(9-14)12-19/h2-5,14-16H,6-12H2,1H3,(H,20,21)/t14?,15-,16-,19?/m1/s1. The van der Waals surface area contributed by atoms with Gasteiger partial charge in [0.25, 0.3) is 5.91 Å². The Morgan fingerprint density at radius 3 is 2.33 bits per heavy atom. The predicted octanol–water partition coefficient (Wildman–Crippen LogP) is 4.08. The summed E-state index contributed by atoms with van der Waals surface area (Å²) >= 11 is 0. The molecule has 1 aromatic rings. The van der Waals surface area contributed by atoms with E-state index in [1.54, 1.807) is 0 Å². The third-order valence-corrected chi connectivity index (χ3v) is 6.08. The van der Waals surface area contributed by atoms with Gasteiger partial charge in [-0.25, -0.2) is 0 Å². The molecule has 4 saturated carbocycles. The van der Waals surface area contributed by atoms with E-state index < -0.39 is 0 Å². The van der Waals surface area contributed by atoms with E-state index >= 15 is 0 Å². The molecular formula is C19H25NO. The molecule has 0 aliphatic heterocycles. The minimum Gasteiger partial charge on any atom is -0.347 e. The van der Waals surface area contributed by atoms with Gasteiger partial charge in [0.05, 0.1) is 0 Å². The summed E-state index contributed by atoms with van der Waals surface area (Å²) in [7, 11) is 0. The lowest BCUT2D eigenvalue weighted by atomic mass is 9.65. The average Bonchev–Trinajstić information content (AvgIpc) is 2.63. The topological polar surface area (TPSA) is 29.1 Å². The van der Waals surface area contributed by atoms with Crippen molar-refractivity contribution in [3.63, 3.8) is 0 Å². The smallest absolute Gasteiger partial charge is 0.251 e. The van der Waals surface area contributed by atoms with Crippen molar-refractivity contribution in [3.8, 4) is 0 Å². The molecule has 4 aliphatic rings. The zero-order valence-electron chi connectivity index (χ0n) is 12.9. The largest absolute Gasteiger partial charge is 0.347 e. The summed E-state index contributed by atoms with van der Waals surface area (Å²) in [6, 6.07) is 7.97. The molecule has 1 aromatic carbocycles. The lowest BCUT2D eigenvalue weighted by molar-refractivity contribution is 0.0714. The van der Waals surface area contributed by atoms with Gasteiger partial charge in [0.1, 0.15) is 0 Å². The highest BCUT2D eigenvalue weighted by atomic mass is 16.1. The van der Waals surface area contributed by atoms with Crippen LogP contribution < -0.4 is 5.32 Å². The summed E-state index contributed by atoms with van der Waals surface area (Å²) in [5.41, 5.74) is 2.12. The molecule has 4 bridgehead atoms. The van der Waals surface area contributed by atoms with Gasteiger partial charge in [-0.15, -0.1) is 0 Å². The molecule has 0 unspecified atom stereocenters. The van der Waals surface area contributed by atoms with Crippen LogP contribution in [-0.2, 0) is 0 Å². The zero-order valence-corrected chi connectivity index (χ0v) is 12.9. The summed E-state index contributed by atoms with van der Waals surface area (Å²) < 4.78 is 0. The molecule has 1 N–H and O–H groups in total. The normalized spacial score (nSPS) is 37.3. The van der Waals surface area contributed by atoms with E-state index in [9.17, 15) is 4.79 Å². The van der Waals surface area contributed by atoms with Gasteiger partial charge in [0, 0.05) is 11.1 Å². The Kier molecular flexibility index (Phi) is 3.09. The summed E-state index contributed by atoms with van der Waals surface area (Å²) in [6.45, 7) is 2.06. The highest BCUT2D eigenvalue weighted by Gasteiger charge is 2.48. The summed E-state index contributed by atoms with van der Waals surface area (Å²) in [5, 5.41) is 3.46. The van der Waals surface area contributed by atoms with E-state index in [0.717, 1.165) is 23.3 Å². The van der Waals surface area contributed by atoms with Crippen molar-refractivity contribution in [3.05, 3.63) is 35.4 Å². The zero-order chi connectivity index (χ0) is 14.4. The molecule has 0 heterocycles. The summed E-state index contributed by atoms with van der Waals surface area (Å²) in [6.07, 6.45) is 9.20. The van der Waals surface area contributed by atoms with Crippen molar-refractivity contribution in [2.75, 3.05) is 0 Å². The molecule has 2 nitrogen and oxygen atoms in total. The van der Waals surface area contributed by atoms with Crippen LogP contribution >= 0.6 is 0 Å². The monoisotopic (exact) mass is 283 g/mol. The average molecular weight is 283 g/mol. The molecule has 0 radical (unpaired) electrons. The van der Waals surface area contributed by atoms with Crippen molar-refractivity contribution in [2.45, 2.75) is 57.4 Å². The van der Waals surface area contributed by atoms with E-state index in [1.165, 1.54) is 50.5 Å². The number of fused-ring (bicyclic) bond motifs is 1. The number of nitrogens with one attached hydrogen (secondary N) is 1. The molecule has 2 heteroatoms. The number of rotatable bonds is 2. The predicted molar refractivity (Wildman–Crippen MR) is 84.2 cm³/mol. The Morgan fingerprint density at radius 2 is 1.67 bits per heavy atom. The minimum absolute atomic E-state index is 0.0980. The van der Waals surface area contributed by atoms with Crippen LogP contribution in [0.5, 0.6) is 0 Å². The van der Waals surface area contributed by atoms with E-state index in [2.05, 4.69) is 12.2 Å². The van der Waals surface area contributed by atoms with E-state index in [1.807, 2.05) is 24.3 Å². The Morgan fingerprint density at radius 1 is 1.05 bits per heavy atom. The first kappa shape index (κ1) is 13.4. The summed E-state index contributed by atoms with van der Waals surface area (Å²) in [5.74, 6) is 2.80. The Bertz CT molecular complexity index is 533. The summed E-state index contributed by atoms with van der Waals surface area (Å²) in [4.78, 5) is 12.6. The fraction of sp³-hybridized carbons (Fsp3) is 0.632. The maximum Gasteiger partial charge on any atom is 0.251 e. The minimum atomic E-state index is 0.0980. The fourth-order valence-electron chi connectivity index (χ4n) is 5.33. The molecule has 5 rings (SSSR count). The third kappa shape index (κ3) is 2.49. The van der Waals surface area contributed by atoms with Crippen molar-refractivity contribution in [1.82, 2.24) is 5.32 Å². The number of benzene rings is 1. The van der Waals surface area contributed by atoms with Crippen LogP contribution in [0, 0.1) is 24.7 Å². The van der Waals surface area contributed by atoms with Crippen molar-refractivity contribution < 1.29 is 4.79 Å². The van der Waals surface area contributed by atoms with Gasteiger partial charge in [-0.05, 0) is 81.8 Å². The van der Waals surface area contributed by atoms with Gasteiger partial charge < -0.3 is 5.32 Å². The van der Waals surface area contributed by atoms with E-state index in [4.69, 9.17) is 0 Å². The molecule has 0 saturated heterocycles. The number of amides is 1. The number of hydrogen-bond donors (Lipinski definition) is 1. The highest BCUT2D eigenvalue weighted by molar-refractivity contribution is 5.94. The third-order valence-electron chi connectivity index (χ3n) is 6.08. The molecule has 1 amide bonds. The first-order valence-electron chi connectivity index (χ1n) is 8.51. The van der Waals surface area contributed by atoms with Crippen LogP contribution in [0.2, 0.25) is 0 Å². The second-order valence-electron chi connectivity index (χ2n) is 7.85. The van der Waals surface area contributed by atoms with Gasteiger partial charge >= 0.3 is 0 Å². The van der Waals surface area contributed by atoms with Crippen LogP contribution in [-0.4, -0.2) is 11.4 Å². The van der Waals surface area contributed by atoms with Gasteiger partial charge in [-0.3, -0.25) is 4.79 Å². The van der Waals surface area contributed by atoms with Crippen LogP contribution in [0.25, 0.3) is 0 Å². The molecule has 0 aromatic heterocycles. The molecule has 4 aliphatic carbocycles. The Labute approximate surface area is 127 Å². The van der Waals surface area contributed by atoms with Crippen molar-refractivity contribution in [1.29, 1.82) is 0 Å². The molecule has 21 heavy (non-hydrogen) atoms. The maximum absolute atomic E-state index is 12.6. The quantitative estimate of drug-likeness (QED) is 0.870.